The maximum Gasteiger partial charge on any atom is 0.345 e. The van der Waals surface area contributed by atoms with Crippen molar-refractivity contribution >= 4 is 0 Å². The fraction of sp³-hybridized carbons (Fsp3) is 0.579. The van der Waals surface area contributed by atoms with E-state index in [1.54, 1.807) is 14.2 Å². The SMILES string of the molecule is COc1cccc(CN2CCC(n3c(C4CC4)nn(C)c3=O)CC2)c1. The van der Waals surface area contributed by atoms with Crippen molar-refractivity contribution in [2.75, 3.05) is 20.2 Å². The highest BCUT2D eigenvalue weighted by Crippen LogP contribution is 2.40. The third-order valence-electron chi connectivity index (χ3n) is 5.39. The van der Waals surface area contributed by atoms with Gasteiger partial charge in [0.15, 0.2) is 0 Å². The largest absolute Gasteiger partial charge is 0.497 e. The monoisotopic (exact) mass is 342 g/mol. The van der Waals surface area contributed by atoms with Crippen molar-refractivity contribution in [2.24, 2.45) is 7.05 Å². The third kappa shape index (κ3) is 3.35. The van der Waals surface area contributed by atoms with E-state index >= 15 is 0 Å². The number of ether oxygens (including phenoxy) is 1. The summed E-state index contributed by atoms with van der Waals surface area (Å²) < 4.78 is 8.81. The molecule has 0 bridgehead atoms. The molecule has 134 valence electrons. The molecule has 1 aromatic heterocycles. The molecule has 4 rings (SSSR count). The van der Waals surface area contributed by atoms with Crippen molar-refractivity contribution in [3.63, 3.8) is 0 Å². The van der Waals surface area contributed by atoms with Crippen LogP contribution in [0.4, 0.5) is 0 Å². The Morgan fingerprint density at radius 3 is 2.64 bits per heavy atom. The van der Waals surface area contributed by atoms with Crippen LogP contribution in [0.1, 0.15) is 49.0 Å². The van der Waals surface area contributed by atoms with Gasteiger partial charge >= 0.3 is 5.69 Å². The second kappa shape index (κ2) is 6.67. The van der Waals surface area contributed by atoms with Crippen LogP contribution in [0.25, 0.3) is 0 Å². The zero-order valence-corrected chi connectivity index (χ0v) is 15.0. The van der Waals surface area contributed by atoms with E-state index in [1.165, 1.54) is 23.1 Å². The van der Waals surface area contributed by atoms with Crippen LogP contribution in [0.5, 0.6) is 5.75 Å². The lowest BCUT2D eigenvalue weighted by atomic mass is 10.0. The molecule has 1 aliphatic carbocycles. The number of rotatable bonds is 5. The molecular formula is C19H26N4O2. The van der Waals surface area contributed by atoms with E-state index in [2.05, 4.69) is 22.1 Å². The molecule has 0 atom stereocenters. The predicted octanol–water partition coefficient (Wildman–Crippen LogP) is 2.30. The van der Waals surface area contributed by atoms with Gasteiger partial charge in [0, 0.05) is 38.6 Å². The highest BCUT2D eigenvalue weighted by Gasteiger charge is 2.33. The van der Waals surface area contributed by atoms with Crippen LogP contribution in [-0.4, -0.2) is 39.4 Å². The average Bonchev–Trinajstić information content (AvgIpc) is 3.43. The lowest BCUT2D eigenvalue weighted by Crippen LogP contribution is -2.37. The van der Waals surface area contributed by atoms with Gasteiger partial charge in [0.2, 0.25) is 0 Å². The first-order valence-electron chi connectivity index (χ1n) is 9.16. The second-order valence-electron chi connectivity index (χ2n) is 7.27. The summed E-state index contributed by atoms with van der Waals surface area (Å²) in [6.07, 6.45) is 4.36. The fourth-order valence-corrected chi connectivity index (χ4v) is 3.83. The summed E-state index contributed by atoms with van der Waals surface area (Å²) in [5.41, 5.74) is 1.32. The van der Waals surface area contributed by atoms with E-state index in [1.807, 2.05) is 16.7 Å². The Labute approximate surface area is 148 Å². The van der Waals surface area contributed by atoms with E-state index < -0.39 is 0 Å². The first-order valence-corrected chi connectivity index (χ1v) is 9.16. The standard InChI is InChI=1S/C19H26N4O2/c1-21-19(24)23(18(20-21)15-6-7-15)16-8-10-22(11-9-16)13-14-4-3-5-17(12-14)25-2/h3-5,12,15-16H,6-11,13H2,1-2H3. The number of methoxy groups -OCH3 is 1. The van der Waals surface area contributed by atoms with Crippen LogP contribution in [0, 0.1) is 0 Å². The molecule has 1 aromatic carbocycles. The van der Waals surface area contributed by atoms with Crippen molar-refractivity contribution in [3.05, 3.63) is 46.1 Å². The number of piperidine rings is 1. The number of hydrogen-bond donors (Lipinski definition) is 0. The lowest BCUT2D eigenvalue weighted by molar-refractivity contribution is 0.176. The van der Waals surface area contributed by atoms with E-state index in [-0.39, 0.29) is 5.69 Å². The van der Waals surface area contributed by atoms with Crippen LogP contribution in [0.15, 0.2) is 29.1 Å². The van der Waals surface area contributed by atoms with Gasteiger partial charge < -0.3 is 4.74 Å². The highest BCUT2D eigenvalue weighted by molar-refractivity contribution is 5.28. The summed E-state index contributed by atoms with van der Waals surface area (Å²) in [5, 5.41) is 4.49. The molecule has 1 aliphatic heterocycles. The maximum atomic E-state index is 12.5. The number of aryl methyl sites for hydroxylation is 1. The number of likely N-dealkylation sites (tertiary alicyclic amines) is 1. The Hall–Kier alpha value is -2.08. The van der Waals surface area contributed by atoms with Crippen molar-refractivity contribution in [1.29, 1.82) is 0 Å². The smallest absolute Gasteiger partial charge is 0.345 e. The van der Waals surface area contributed by atoms with Crippen molar-refractivity contribution < 1.29 is 4.74 Å². The summed E-state index contributed by atoms with van der Waals surface area (Å²) in [5.74, 6) is 2.42. The second-order valence-corrected chi connectivity index (χ2v) is 7.27. The molecule has 2 heterocycles. The summed E-state index contributed by atoms with van der Waals surface area (Å²) in [6, 6.07) is 8.55. The van der Waals surface area contributed by atoms with Crippen LogP contribution in [0.2, 0.25) is 0 Å². The average molecular weight is 342 g/mol. The van der Waals surface area contributed by atoms with Crippen LogP contribution in [-0.2, 0) is 13.6 Å². The first kappa shape index (κ1) is 16.4. The minimum absolute atomic E-state index is 0.0492. The van der Waals surface area contributed by atoms with E-state index in [4.69, 9.17) is 4.74 Å². The Kier molecular flexibility index (Phi) is 4.37. The Morgan fingerprint density at radius 1 is 1.20 bits per heavy atom. The first-order chi connectivity index (χ1) is 12.2. The van der Waals surface area contributed by atoms with Crippen LogP contribution in [0.3, 0.4) is 0 Å². The Bertz CT molecular complexity index is 798. The van der Waals surface area contributed by atoms with E-state index in [0.29, 0.717) is 12.0 Å². The van der Waals surface area contributed by atoms with Gasteiger partial charge in [0.1, 0.15) is 11.6 Å². The molecule has 1 saturated carbocycles. The van der Waals surface area contributed by atoms with Gasteiger partial charge in [-0.3, -0.25) is 9.47 Å². The summed E-state index contributed by atoms with van der Waals surface area (Å²) in [6.45, 7) is 2.95. The minimum Gasteiger partial charge on any atom is -0.497 e. The van der Waals surface area contributed by atoms with E-state index in [0.717, 1.165) is 44.0 Å². The summed E-state index contributed by atoms with van der Waals surface area (Å²) in [4.78, 5) is 15.0. The molecule has 6 heteroatoms. The quantitative estimate of drug-likeness (QED) is 0.837. The third-order valence-corrected chi connectivity index (χ3v) is 5.39. The van der Waals surface area contributed by atoms with Gasteiger partial charge in [-0.05, 0) is 43.4 Å². The lowest BCUT2D eigenvalue weighted by Gasteiger charge is -2.32. The molecule has 0 N–H and O–H groups in total. The molecule has 2 aliphatic rings. The number of aromatic nitrogens is 3. The predicted molar refractivity (Wildman–Crippen MR) is 96.0 cm³/mol. The summed E-state index contributed by atoms with van der Waals surface area (Å²) in [7, 11) is 3.47. The van der Waals surface area contributed by atoms with Gasteiger partial charge in [0.25, 0.3) is 0 Å². The van der Waals surface area contributed by atoms with Gasteiger partial charge in [-0.1, -0.05) is 12.1 Å². The molecule has 0 spiro atoms. The minimum atomic E-state index is 0.0492. The van der Waals surface area contributed by atoms with Crippen molar-refractivity contribution in [1.82, 2.24) is 19.2 Å². The molecule has 6 nitrogen and oxygen atoms in total. The van der Waals surface area contributed by atoms with Gasteiger partial charge in [-0.15, -0.1) is 0 Å². The normalized spacial score (nSPS) is 19.3. The zero-order chi connectivity index (χ0) is 17.4. The number of benzene rings is 1. The van der Waals surface area contributed by atoms with E-state index in [9.17, 15) is 4.79 Å². The molecule has 0 amide bonds. The van der Waals surface area contributed by atoms with Crippen LogP contribution < -0.4 is 10.4 Å². The van der Waals surface area contributed by atoms with Gasteiger partial charge in [0.05, 0.1) is 7.11 Å². The maximum absolute atomic E-state index is 12.5. The van der Waals surface area contributed by atoms with Crippen molar-refractivity contribution in [2.45, 2.75) is 44.2 Å². The Morgan fingerprint density at radius 2 is 1.96 bits per heavy atom. The molecule has 2 fully saturated rings. The zero-order valence-electron chi connectivity index (χ0n) is 15.0. The molecule has 25 heavy (non-hydrogen) atoms. The highest BCUT2D eigenvalue weighted by atomic mass is 16.5. The molecule has 1 saturated heterocycles. The van der Waals surface area contributed by atoms with Crippen molar-refractivity contribution in [3.8, 4) is 5.75 Å². The van der Waals surface area contributed by atoms with Crippen LogP contribution >= 0.6 is 0 Å². The number of hydrogen-bond acceptors (Lipinski definition) is 4. The Balaban J connectivity index is 1.43. The molecule has 2 aromatic rings. The van der Waals surface area contributed by atoms with Gasteiger partial charge in [-0.2, -0.15) is 5.10 Å². The number of nitrogens with zero attached hydrogens (tertiary/aromatic N) is 4. The topological polar surface area (TPSA) is 52.3 Å². The molecule has 0 radical (unpaired) electrons. The molecular weight excluding hydrogens is 316 g/mol. The van der Waals surface area contributed by atoms with Gasteiger partial charge in [-0.25, -0.2) is 9.48 Å². The fourth-order valence-electron chi connectivity index (χ4n) is 3.83. The summed E-state index contributed by atoms with van der Waals surface area (Å²) >= 11 is 0. The molecule has 0 unspecified atom stereocenters.